The van der Waals surface area contributed by atoms with Gasteiger partial charge in [0.05, 0.1) is 0 Å². The van der Waals surface area contributed by atoms with Crippen molar-refractivity contribution in [2.75, 3.05) is 13.2 Å². The molecule has 0 saturated carbocycles. The van der Waals surface area contributed by atoms with Crippen molar-refractivity contribution in [2.24, 2.45) is 0 Å². The molecule has 6 heteroatoms. The van der Waals surface area contributed by atoms with E-state index in [4.69, 9.17) is 14.2 Å². The lowest BCUT2D eigenvalue weighted by Crippen LogP contribution is -2.30. The second-order valence-electron chi connectivity index (χ2n) is 20.2. The van der Waals surface area contributed by atoms with Crippen LogP contribution in [0, 0.1) is 0 Å². The highest BCUT2D eigenvalue weighted by Gasteiger charge is 2.19. The van der Waals surface area contributed by atoms with Crippen LogP contribution in [0.25, 0.3) is 0 Å². The van der Waals surface area contributed by atoms with Crippen LogP contribution in [0.4, 0.5) is 0 Å². The van der Waals surface area contributed by atoms with Gasteiger partial charge in [0.25, 0.3) is 0 Å². The molecule has 0 amide bonds. The van der Waals surface area contributed by atoms with Crippen molar-refractivity contribution in [3.63, 3.8) is 0 Å². The Bertz CT molecular complexity index is 1570. The van der Waals surface area contributed by atoms with Crippen molar-refractivity contribution in [3.8, 4) is 0 Å². The van der Waals surface area contributed by atoms with Crippen molar-refractivity contribution in [1.82, 2.24) is 0 Å². The molecule has 1 unspecified atom stereocenters. The molecule has 1 atom stereocenters. The predicted octanol–water partition coefficient (Wildman–Crippen LogP) is 21.2. The molecule has 0 spiro atoms. The van der Waals surface area contributed by atoms with Crippen LogP contribution in [0.2, 0.25) is 0 Å². The molecule has 0 aromatic heterocycles. The molecular formula is C69H114O6. The second-order valence-corrected chi connectivity index (χ2v) is 20.2. The highest BCUT2D eigenvalue weighted by atomic mass is 16.6. The summed E-state index contributed by atoms with van der Waals surface area (Å²) in [4.78, 5) is 38.3. The van der Waals surface area contributed by atoms with E-state index >= 15 is 0 Å². The Kier molecular flexibility index (Phi) is 58.9. The Hall–Kier alpha value is -4.19. The van der Waals surface area contributed by atoms with E-state index in [9.17, 15) is 14.4 Å². The third-order valence-corrected chi connectivity index (χ3v) is 12.9. The number of allylic oxidation sites excluding steroid dienone is 20. The first kappa shape index (κ1) is 70.8. The molecule has 0 aliphatic heterocycles. The fourth-order valence-corrected chi connectivity index (χ4v) is 8.34. The molecule has 0 aromatic carbocycles. The Labute approximate surface area is 462 Å². The van der Waals surface area contributed by atoms with Crippen LogP contribution < -0.4 is 0 Å². The monoisotopic (exact) mass is 1040 g/mol. The summed E-state index contributed by atoms with van der Waals surface area (Å²) in [6.45, 7) is 6.37. The van der Waals surface area contributed by atoms with Gasteiger partial charge in [0.2, 0.25) is 0 Å². The van der Waals surface area contributed by atoms with E-state index in [1.165, 1.54) is 89.9 Å². The first-order valence-electron chi connectivity index (χ1n) is 31.0. The zero-order valence-electron chi connectivity index (χ0n) is 48.8. The summed E-state index contributed by atoms with van der Waals surface area (Å²) >= 11 is 0. The van der Waals surface area contributed by atoms with Crippen molar-refractivity contribution in [1.29, 1.82) is 0 Å². The highest BCUT2D eigenvalue weighted by Crippen LogP contribution is 2.15. The zero-order valence-corrected chi connectivity index (χ0v) is 48.8. The van der Waals surface area contributed by atoms with Crippen LogP contribution in [-0.2, 0) is 28.6 Å². The summed E-state index contributed by atoms with van der Waals surface area (Å²) in [5.74, 6) is -0.922. The van der Waals surface area contributed by atoms with Crippen LogP contribution in [0.15, 0.2) is 122 Å². The molecule has 0 bridgehead atoms. The number of hydrogen-bond acceptors (Lipinski definition) is 6. The molecule has 0 rings (SSSR count). The number of carbonyl (C=O) groups is 3. The lowest BCUT2D eigenvalue weighted by Gasteiger charge is -2.18. The topological polar surface area (TPSA) is 78.9 Å². The molecule has 0 radical (unpaired) electrons. The van der Waals surface area contributed by atoms with Gasteiger partial charge in [0, 0.05) is 19.3 Å². The van der Waals surface area contributed by atoms with E-state index in [1.807, 2.05) is 0 Å². The molecule has 426 valence electrons. The average Bonchev–Trinajstić information content (AvgIpc) is 3.41. The van der Waals surface area contributed by atoms with E-state index in [1.54, 1.807) is 0 Å². The fraction of sp³-hybridized carbons (Fsp3) is 0.667. The van der Waals surface area contributed by atoms with Gasteiger partial charge in [0.15, 0.2) is 6.10 Å². The molecule has 75 heavy (non-hydrogen) atoms. The quantitative estimate of drug-likeness (QED) is 0.0261. The molecule has 0 aliphatic carbocycles. The van der Waals surface area contributed by atoms with Crippen molar-refractivity contribution in [2.45, 2.75) is 284 Å². The van der Waals surface area contributed by atoms with Gasteiger partial charge in [-0.1, -0.05) is 251 Å². The first-order chi connectivity index (χ1) is 37.0. The molecule has 0 heterocycles. The number of carbonyl (C=O) groups excluding carboxylic acids is 3. The SMILES string of the molecule is CC/C=C\C/C=C\C/C=C\C/C=C\CCCCCCCCCCCCC(=O)OCC(COC(=O)CCCCCCC/C=C\C/C=C\CCCCC)OC(=O)CCCCCCCC/C=C\C/C=C\C/C=C\C/C=C\CC. The third kappa shape index (κ3) is 60.6. The molecule has 0 aromatic rings. The lowest BCUT2D eigenvalue weighted by molar-refractivity contribution is -0.167. The molecule has 0 N–H and O–H groups in total. The van der Waals surface area contributed by atoms with Crippen LogP contribution in [0.5, 0.6) is 0 Å². The number of ether oxygens (including phenoxy) is 3. The van der Waals surface area contributed by atoms with Crippen LogP contribution >= 0.6 is 0 Å². The first-order valence-corrected chi connectivity index (χ1v) is 31.0. The Morgan fingerprint density at radius 3 is 0.813 bits per heavy atom. The van der Waals surface area contributed by atoms with Gasteiger partial charge in [-0.2, -0.15) is 0 Å². The van der Waals surface area contributed by atoms with E-state index in [-0.39, 0.29) is 31.1 Å². The van der Waals surface area contributed by atoms with E-state index in [0.717, 1.165) is 148 Å². The normalized spacial score (nSPS) is 12.9. The summed E-state index contributed by atoms with van der Waals surface area (Å²) in [5.41, 5.74) is 0. The Morgan fingerprint density at radius 1 is 0.280 bits per heavy atom. The predicted molar refractivity (Wildman–Crippen MR) is 325 cm³/mol. The maximum atomic E-state index is 12.9. The summed E-state index contributed by atoms with van der Waals surface area (Å²) in [6.07, 6.45) is 86.2. The minimum absolute atomic E-state index is 0.0930. The standard InChI is InChI=1S/C69H114O6/c1-4-7-10-13-16-19-22-25-28-30-32-33-34-35-37-38-41-44-47-50-53-56-59-62-68(71)74-65-66(64-73-67(70)61-58-55-52-49-46-43-40-27-24-21-18-15-12-9-6-3)75-69(72)63-60-57-54-51-48-45-42-39-36-31-29-26-23-20-17-14-11-8-5-2/h7-8,10-11,16-21,25-29,32-33,36,39-40,66H,4-6,9,12-15,22-24,30-31,34-35,37-38,41-65H2,1-3H3/b10-7-,11-8-,19-16-,20-17-,21-18-,28-25-,29-26-,33-32-,39-36-,40-27-. The minimum atomic E-state index is -0.798. The molecule has 6 nitrogen and oxygen atoms in total. The molecule has 0 aliphatic rings. The smallest absolute Gasteiger partial charge is 0.306 e. The minimum Gasteiger partial charge on any atom is -0.462 e. The number of hydrogen-bond donors (Lipinski definition) is 0. The fourth-order valence-electron chi connectivity index (χ4n) is 8.34. The van der Waals surface area contributed by atoms with E-state index in [0.29, 0.717) is 19.3 Å². The Balaban J connectivity index is 4.42. The van der Waals surface area contributed by atoms with Gasteiger partial charge < -0.3 is 14.2 Å². The van der Waals surface area contributed by atoms with Gasteiger partial charge in [-0.3, -0.25) is 14.4 Å². The number of rotatable bonds is 55. The number of esters is 3. The van der Waals surface area contributed by atoms with Gasteiger partial charge in [-0.25, -0.2) is 0 Å². The van der Waals surface area contributed by atoms with E-state index < -0.39 is 6.10 Å². The molecule has 0 fully saturated rings. The highest BCUT2D eigenvalue weighted by molar-refractivity contribution is 5.71. The summed E-state index contributed by atoms with van der Waals surface area (Å²) in [5, 5.41) is 0. The van der Waals surface area contributed by atoms with Crippen LogP contribution in [-0.4, -0.2) is 37.2 Å². The summed E-state index contributed by atoms with van der Waals surface area (Å²) < 4.78 is 16.9. The summed E-state index contributed by atoms with van der Waals surface area (Å²) in [7, 11) is 0. The third-order valence-electron chi connectivity index (χ3n) is 12.9. The maximum absolute atomic E-state index is 12.9. The van der Waals surface area contributed by atoms with Gasteiger partial charge in [0.1, 0.15) is 13.2 Å². The van der Waals surface area contributed by atoms with Gasteiger partial charge in [-0.15, -0.1) is 0 Å². The molecular weight excluding hydrogens is 925 g/mol. The maximum Gasteiger partial charge on any atom is 0.306 e. The van der Waals surface area contributed by atoms with Crippen molar-refractivity contribution >= 4 is 17.9 Å². The number of unbranched alkanes of at least 4 members (excludes halogenated alkanes) is 24. The Morgan fingerprint density at radius 2 is 0.520 bits per heavy atom. The van der Waals surface area contributed by atoms with Crippen LogP contribution in [0.3, 0.4) is 0 Å². The molecule has 0 saturated heterocycles. The largest absolute Gasteiger partial charge is 0.462 e. The van der Waals surface area contributed by atoms with Crippen molar-refractivity contribution in [3.05, 3.63) is 122 Å². The van der Waals surface area contributed by atoms with Crippen molar-refractivity contribution < 1.29 is 28.6 Å². The van der Waals surface area contributed by atoms with Crippen LogP contribution in [0.1, 0.15) is 278 Å². The van der Waals surface area contributed by atoms with Gasteiger partial charge in [-0.05, 0) is 128 Å². The lowest BCUT2D eigenvalue weighted by atomic mass is 10.1. The summed E-state index contributed by atoms with van der Waals surface area (Å²) in [6, 6.07) is 0. The van der Waals surface area contributed by atoms with Gasteiger partial charge >= 0.3 is 17.9 Å². The van der Waals surface area contributed by atoms with E-state index in [2.05, 4.69) is 142 Å². The zero-order chi connectivity index (χ0) is 54.3. The average molecular weight is 1040 g/mol. The second kappa shape index (κ2) is 62.4.